The van der Waals surface area contributed by atoms with Crippen LogP contribution in [-0.2, 0) is 11.3 Å². The van der Waals surface area contributed by atoms with Crippen molar-refractivity contribution >= 4 is 12.0 Å². The monoisotopic (exact) mass is 296 g/mol. The SMILES string of the molecule is Cc1cccnc1CNC(=O)/C=C/c1ccc2c(c1)OCO2. The molecule has 5 nitrogen and oxygen atoms in total. The van der Waals surface area contributed by atoms with E-state index in [9.17, 15) is 4.79 Å². The second kappa shape index (κ2) is 6.30. The first-order valence-corrected chi connectivity index (χ1v) is 6.98. The van der Waals surface area contributed by atoms with Crippen molar-refractivity contribution in [3.63, 3.8) is 0 Å². The normalized spacial score (nSPS) is 12.6. The Balaban J connectivity index is 1.58. The van der Waals surface area contributed by atoms with Gasteiger partial charge in [0.2, 0.25) is 12.7 Å². The van der Waals surface area contributed by atoms with Crippen molar-refractivity contribution in [2.24, 2.45) is 0 Å². The number of carbonyl (C=O) groups excluding carboxylic acids is 1. The molecule has 1 aliphatic heterocycles. The van der Waals surface area contributed by atoms with Crippen LogP contribution < -0.4 is 14.8 Å². The zero-order valence-electron chi connectivity index (χ0n) is 12.2. The van der Waals surface area contributed by atoms with E-state index in [1.807, 2.05) is 37.3 Å². The van der Waals surface area contributed by atoms with E-state index in [4.69, 9.17) is 9.47 Å². The van der Waals surface area contributed by atoms with Gasteiger partial charge in [0, 0.05) is 12.3 Å². The lowest BCUT2D eigenvalue weighted by Crippen LogP contribution is -2.21. The van der Waals surface area contributed by atoms with Gasteiger partial charge in [0.15, 0.2) is 11.5 Å². The minimum atomic E-state index is -0.164. The van der Waals surface area contributed by atoms with Crippen LogP contribution in [-0.4, -0.2) is 17.7 Å². The van der Waals surface area contributed by atoms with Crippen molar-refractivity contribution in [3.05, 3.63) is 59.4 Å². The van der Waals surface area contributed by atoms with Gasteiger partial charge >= 0.3 is 0 Å². The summed E-state index contributed by atoms with van der Waals surface area (Å²) in [6.45, 7) is 2.63. The molecule has 2 aromatic rings. The maximum Gasteiger partial charge on any atom is 0.244 e. The maximum atomic E-state index is 11.9. The maximum absolute atomic E-state index is 11.9. The third kappa shape index (κ3) is 3.25. The van der Waals surface area contributed by atoms with Gasteiger partial charge in [-0.15, -0.1) is 0 Å². The highest BCUT2D eigenvalue weighted by Gasteiger charge is 2.12. The molecule has 1 aromatic heterocycles. The quantitative estimate of drug-likeness (QED) is 0.880. The largest absolute Gasteiger partial charge is 0.454 e. The van der Waals surface area contributed by atoms with Crippen LogP contribution in [0.4, 0.5) is 0 Å². The lowest BCUT2D eigenvalue weighted by atomic mass is 10.2. The van der Waals surface area contributed by atoms with Gasteiger partial charge in [0.25, 0.3) is 0 Å². The number of ether oxygens (including phenoxy) is 2. The molecule has 0 radical (unpaired) electrons. The molecule has 1 N–H and O–H groups in total. The van der Waals surface area contributed by atoms with Crippen LogP contribution in [0.2, 0.25) is 0 Å². The van der Waals surface area contributed by atoms with Crippen LogP contribution in [0.3, 0.4) is 0 Å². The molecule has 5 heteroatoms. The molecule has 0 aliphatic carbocycles. The van der Waals surface area contributed by atoms with Crippen LogP contribution in [0, 0.1) is 6.92 Å². The van der Waals surface area contributed by atoms with Gasteiger partial charge in [0.1, 0.15) is 0 Å². The predicted octanol–water partition coefficient (Wildman–Crippen LogP) is 2.45. The molecule has 0 saturated carbocycles. The van der Waals surface area contributed by atoms with Crippen molar-refractivity contribution in [1.29, 1.82) is 0 Å². The summed E-state index contributed by atoms with van der Waals surface area (Å²) in [5.41, 5.74) is 2.81. The van der Waals surface area contributed by atoms with E-state index in [1.165, 1.54) is 6.08 Å². The third-order valence-electron chi connectivity index (χ3n) is 3.37. The summed E-state index contributed by atoms with van der Waals surface area (Å²) < 4.78 is 10.5. The molecule has 22 heavy (non-hydrogen) atoms. The number of aromatic nitrogens is 1. The Morgan fingerprint density at radius 2 is 2.18 bits per heavy atom. The van der Waals surface area contributed by atoms with Crippen molar-refractivity contribution in [2.45, 2.75) is 13.5 Å². The van der Waals surface area contributed by atoms with Gasteiger partial charge in [-0.2, -0.15) is 0 Å². The highest BCUT2D eigenvalue weighted by molar-refractivity contribution is 5.91. The summed E-state index contributed by atoms with van der Waals surface area (Å²) in [7, 11) is 0. The van der Waals surface area contributed by atoms with Gasteiger partial charge in [-0.05, 0) is 42.3 Å². The molecular weight excluding hydrogens is 280 g/mol. The molecule has 2 heterocycles. The number of nitrogens with one attached hydrogen (secondary N) is 1. The smallest absolute Gasteiger partial charge is 0.244 e. The van der Waals surface area contributed by atoms with E-state index in [-0.39, 0.29) is 12.7 Å². The van der Waals surface area contributed by atoms with Gasteiger partial charge in [-0.25, -0.2) is 0 Å². The number of carbonyl (C=O) groups is 1. The Morgan fingerprint density at radius 1 is 1.32 bits per heavy atom. The number of hydrogen-bond acceptors (Lipinski definition) is 4. The number of rotatable bonds is 4. The van der Waals surface area contributed by atoms with E-state index in [1.54, 1.807) is 12.3 Å². The van der Waals surface area contributed by atoms with Crippen LogP contribution in [0.15, 0.2) is 42.6 Å². The molecule has 1 amide bonds. The minimum absolute atomic E-state index is 0.164. The third-order valence-corrected chi connectivity index (χ3v) is 3.37. The summed E-state index contributed by atoms with van der Waals surface area (Å²) in [4.78, 5) is 16.1. The van der Waals surface area contributed by atoms with Gasteiger partial charge < -0.3 is 14.8 Å². The summed E-state index contributed by atoms with van der Waals surface area (Å²) in [5.74, 6) is 1.27. The first-order valence-electron chi connectivity index (χ1n) is 6.98. The number of aryl methyl sites for hydroxylation is 1. The molecule has 0 atom stereocenters. The highest BCUT2D eigenvalue weighted by Crippen LogP contribution is 2.32. The van der Waals surface area contributed by atoms with Gasteiger partial charge in [-0.3, -0.25) is 9.78 Å². The van der Waals surface area contributed by atoms with E-state index >= 15 is 0 Å². The molecule has 0 saturated heterocycles. The number of fused-ring (bicyclic) bond motifs is 1. The molecule has 112 valence electrons. The Kier molecular flexibility index (Phi) is 4.05. The molecule has 0 unspecified atom stereocenters. The number of nitrogens with zero attached hydrogens (tertiary/aromatic N) is 1. The fourth-order valence-corrected chi connectivity index (χ4v) is 2.12. The van der Waals surface area contributed by atoms with Crippen LogP contribution >= 0.6 is 0 Å². The molecule has 0 bridgehead atoms. The fourth-order valence-electron chi connectivity index (χ4n) is 2.12. The van der Waals surface area contributed by atoms with Crippen molar-refractivity contribution in [3.8, 4) is 11.5 Å². The number of hydrogen-bond donors (Lipinski definition) is 1. The van der Waals surface area contributed by atoms with Crippen molar-refractivity contribution in [1.82, 2.24) is 10.3 Å². The van der Waals surface area contributed by atoms with Crippen LogP contribution in [0.1, 0.15) is 16.8 Å². The average molecular weight is 296 g/mol. The second-order valence-electron chi connectivity index (χ2n) is 4.93. The molecular formula is C17H16N2O3. The zero-order chi connectivity index (χ0) is 15.4. The second-order valence-corrected chi connectivity index (χ2v) is 4.93. The van der Waals surface area contributed by atoms with Gasteiger partial charge in [0.05, 0.1) is 12.2 Å². The topological polar surface area (TPSA) is 60.5 Å². The summed E-state index contributed by atoms with van der Waals surface area (Å²) in [5, 5.41) is 2.82. The van der Waals surface area contributed by atoms with Crippen LogP contribution in [0.25, 0.3) is 6.08 Å². The lowest BCUT2D eigenvalue weighted by Gasteiger charge is -2.04. The van der Waals surface area contributed by atoms with Crippen molar-refractivity contribution < 1.29 is 14.3 Å². The average Bonchev–Trinajstić information content (AvgIpc) is 2.99. The lowest BCUT2D eigenvalue weighted by molar-refractivity contribution is -0.116. The minimum Gasteiger partial charge on any atom is -0.454 e. The van der Waals surface area contributed by atoms with E-state index in [0.29, 0.717) is 12.3 Å². The Morgan fingerprint density at radius 3 is 3.05 bits per heavy atom. The fraction of sp³-hybridized carbons (Fsp3) is 0.176. The van der Waals surface area contributed by atoms with E-state index in [0.717, 1.165) is 22.6 Å². The molecule has 0 spiro atoms. The molecule has 1 aliphatic rings. The van der Waals surface area contributed by atoms with Crippen LogP contribution in [0.5, 0.6) is 11.5 Å². The Hall–Kier alpha value is -2.82. The first-order chi connectivity index (χ1) is 10.7. The van der Waals surface area contributed by atoms with E-state index in [2.05, 4.69) is 10.3 Å². The van der Waals surface area contributed by atoms with Gasteiger partial charge in [-0.1, -0.05) is 12.1 Å². The summed E-state index contributed by atoms with van der Waals surface area (Å²) >= 11 is 0. The first kappa shape index (κ1) is 14.1. The standard InChI is InChI=1S/C17H16N2O3/c1-12-3-2-8-18-14(12)10-19-17(20)7-5-13-4-6-15-16(9-13)22-11-21-15/h2-9H,10-11H2,1H3,(H,19,20)/b7-5+. The molecule has 0 fully saturated rings. The summed E-state index contributed by atoms with van der Waals surface area (Å²) in [6, 6.07) is 9.39. The number of benzene rings is 1. The Bertz CT molecular complexity index is 726. The Labute approximate surface area is 128 Å². The predicted molar refractivity (Wildman–Crippen MR) is 82.4 cm³/mol. The zero-order valence-corrected chi connectivity index (χ0v) is 12.2. The number of pyridine rings is 1. The molecule has 3 rings (SSSR count). The summed E-state index contributed by atoms with van der Waals surface area (Å²) in [6.07, 6.45) is 4.95. The molecule has 1 aromatic carbocycles. The van der Waals surface area contributed by atoms with Crippen molar-refractivity contribution in [2.75, 3.05) is 6.79 Å². The van der Waals surface area contributed by atoms with E-state index < -0.39 is 0 Å². The highest BCUT2D eigenvalue weighted by atomic mass is 16.7. The number of amides is 1.